The third kappa shape index (κ3) is 2.86. The highest BCUT2D eigenvalue weighted by Gasteiger charge is 2.21. The minimum Gasteiger partial charge on any atom is -0.381 e. The van der Waals surface area contributed by atoms with Crippen LogP contribution in [0.3, 0.4) is 0 Å². The first-order chi connectivity index (χ1) is 7.79. The molecule has 0 heterocycles. The number of benzene rings is 1. The molecule has 4 heteroatoms. The molecule has 0 aromatic heterocycles. The van der Waals surface area contributed by atoms with Crippen molar-refractivity contribution in [3.8, 4) is 0 Å². The smallest absolute Gasteiger partial charge is 0.0637 e. The molecule has 2 N–H and O–H groups in total. The van der Waals surface area contributed by atoms with Crippen LogP contribution in [0.5, 0.6) is 0 Å². The Morgan fingerprint density at radius 1 is 1.19 bits per heavy atom. The van der Waals surface area contributed by atoms with Crippen molar-refractivity contribution in [2.45, 2.75) is 37.8 Å². The third-order valence-electron chi connectivity index (χ3n) is 3.06. The Morgan fingerprint density at radius 2 is 1.94 bits per heavy atom. The van der Waals surface area contributed by atoms with Crippen molar-refractivity contribution in [1.29, 1.82) is 0 Å². The molecule has 0 aliphatic heterocycles. The number of halogens is 2. The second kappa shape index (κ2) is 5.51. The molecule has 1 saturated carbocycles. The zero-order chi connectivity index (χ0) is 11.4. The van der Waals surface area contributed by atoms with E-state index in [0.29, 0.717) is 6.04 Å². The largest absolute Gasteiger partial charge is 0.381 e. The predicted octanol–water partition coefficient (Wildman–Crippen LogP) is 3.54. The van der Waals surface area contributed by atoms with E-state index in [1.165, 1.54) is 0 Å². The standard InChI is InChI=1S/C12H16ClFN2/c13-11-6-1-2-7-12(11)15-9-4-3-5-10(8-9)16-14/h1-2,6-7,9-10,15-16H,3-5,8H2. The van der Waals surface area contributed by atoms with Gasteiger partial charge in [-0.15, -0.1) is 4.48 Å². The summed E-state index contributed by atoms with van der Waals surface area (Å²) in [6, 6.07) is 7.95. The lowest BCUT2D eigenvalue weighted by Crippen LogP contribution is -2.35. The molecule has 0 bridgehead atoms. The van der Waals surface area contributed by atoms with Crippen molar-refractivity contribution in [1.82, 2.24) is 5.54 Å². The van der Waals surface area contributed by atoms with Crippen LogP contribution in [0.2, 0.25) is 5.02 Å². The molecular formula is C12H16ClFN2. The van der Waals surface area contributed by atoms with Gasteiger partial charge in [-0.05, 0) is 37.8 Å². The van der Waals surface area contributed by atoms with Crippen LogP contribution in [0.4, 0.5) is 10.2 Å². The fourth-order valence-corrected chi connectivity index (χ4v) is 2.41. The lowest BCUT2D eigenvalue weighted by atomic mass is 9.91. The highest BCUT2D eigenvalue weighted by molar-refractivity contribution is 6.33. The molecule has 0 radical (unpaired) electrons. The van der Waals surface area contributed by atoms with Crippen molar-refractivity contribution in [3.05, 3.63) is 29.3 Å². The van der Waals surface area contributed by atoms with Crippen LogP contribution in [0.25, 0.3) is 0 Å². The Kier molecular flexibility index (Phi) is 4.02. The molecule has 0 spiro atoms. The van der Waals surface area contributed by atoms with Crippen LogP contribution in [0, 0.1) is 0 Å². The summed E-state index contributed by atoms with van der Waals surface area (Å²) in [6.07, 6.45) is 3.84. The Hall–Kier alpha value is -0.800. The number of rotatable bonds is 3. The number of hydrogen-bond acceptors (Lipinski definition) is 2. The van der Waals surface area contributed by atoms with Crippen molar-refractivity contribution in [2.75, 3.05) is 5.32 Å². The Labute approximate surface area is 100 Å². The van der Waals surface area contributed by atoms with Crippen molar-refractivity contribution in [2.24, 2.45) is 0 Å². The molecule has 0 amide bonds. The molecule has 2 atom stereocenters. The normalized spacial score (nSPS) is 25.4. The monoisotopic (exact) mass is 242 g/mol. The van der Waals surface area contributed by atoms with E-state index in [2.05, 4.69) is 5.32 Å². The molecule has 1 fully saturated rings. The van der Waals surface area contributed by atoms with E-state index in [0.717, 1.165) is 36.4 Å². The summed E-state index contributed by atoms with van der Waals surface area (Å²) in [5, 5.41) is 4.10. The lowest BCUT2D eigenvalue weighted by Gasteiger charge is -2.29. The Bertz CT molecular complexity index is 346. The summed E-state index contributed by atoms with van der Waals surface area (Å²) in [5.74, 6) is 0. The summed E-state index contributed by atoms with van der Waals surface area (Å²) in [7, 11) is 0. The highest BCUT2D eigenvalue weighted by Crippen LogP contribution is 2.26. The topological polar surface area (TPSA) is 24.1 Å². The Morgan fingerprint density at radius 3 is 2.69 bits per heavy atom. The fraction of sp³-hybridized carbons (Fsp3) is 0.500. The van der Waals surface area contributed by atoms with Gasteiger partial charge in [0.2, 0.25) is 0 Å². The van der Waals surface area contributed by atoms with Crippen LogP contribution in [-0.2, 0) is 0 Å². The van der Waals surface area contributed by atoms with Gasteiger partial charge in [-0.3, -0.25) is 0 Å². The lowest BCUT2D eigenvalue weighted by molar-refractivity contribution is 0.219. The van der Waals surface area contributed by atoms with Crippen LogP contribution >= 0.6 is 11.6 Å². The van der Waals surface area contributed by atoms with Gasteiger partial charge < -0.3 is 5.32 Å². The fourth-order valence-electron chi connectivity index (χ4n) is 2.22. The van der Waals surface area contributed by atoms with Crippen LogP contribution < -0.4 is 10.9 Å². The number of anilines is 1. The van der Waals surface area contributed by atoms with Crippen molar-refractivity contribution < 1.29 is 4.48 Å². The molecule has 1 aliphatic carbocycles. The minimum absolute atomic E-state index is 0.0197. The highest BCUT2D eigenvalue weighted by atomic mass is 35.5. The SMILES string of the molecule is FNC1CCCC(Nc2ccccc2Cl)C1. The third-order valence-corrected chi connectivity index (χ3v) is 3.39. The maximum Gasteiger partial charge on any atom is 0.0637 e. The number of nitrogens with one attached hydrogen (secondary N) is 2. The van der Waals surface area contributed by atoms with Gasteiger partial charge >= 0.3 is 0 Å². The first-order valence-corrected chi connectivity index (χ1v) is 6.04. The number of hydrogen-bond donors (Lipinski definition) is 2. The van der Waals surface area contributed by atoms with E-state index in [-0.39, 0.29) is 6.04 Å². The van der Waals surface area contributed by atoms with E-state index in [1.807, 2.05) is 29.8 Å². The molecule has 0 saturated heterocycles. The minimum atomic E-state index is -0.0197. The summed E-state index contributed by atoms with van der Waals surface area (Å²) < 4.78 is 12.4. The van der Waals surface area contributed by atoms with Gasteiger partial charge in [-0.1, -0.05) is 23.7 Å². The summed E-state index contributed by atoms with van der Waals surface area (Å²) in [5.41, 5.74) is 2.80. The van der Waals surface area contributed by atoms with Crippen LogP contribution in [-0.4, -0.2) is 12.1 Å². The molecule has 1 aromatic carbocycles. The maximum atomic E-state index is 12.4. The van der Waals surface area contributed by atoms with E-state index in [4.69, 9.17) is 11.6 Å². The van der Waals surface area contributed by atoms with E-state index in [9.17, 15) is 4.48 Å². The molecule has 2 unspecified atom stereocenters. The summed E-state index contributed by atoms with van der Waals surface area (Å²) >= 11 is 6.06. The Balaban J connectivity index is 1.97. The predicted molar refractivity (Wildman–Crippen MR) is 65.4 cm³/mol. The van der Waals surface area contributed by atoms with Crippen LogP contribution in [0.1, 0.15) is 25.7 Å². The van der Waals surface area contributed by atoms with Crippen molar-refractivity contribution in [3.63, 3.8) is 0 Å². The van der Waals surface area contributed by atoms with Gasteiger partial charge in [-0.25, -0.2) is 0 Å². The van der Waals surface area contributed by atoms with Crippen LogP contribution in [0.15, 0.2) is 24.3 Å². The zero-order valence-electron chi connectivity index (χ0n) is 9.05. The molecule has 1 aliphatic rings. The second-order valence-electron chi connectivity index (χ2n) is 4.29. The maximum absolute atomic E-state index is 12.4. The van der Waals surface area contributed by atoms with Gasteiger partial charge in [0, 0.05) is 12.1 Å². The average molecular weight is 243 g/mol. The van der Waals surface area contributed by atoms with Crippen molar-refractivity contribution >= 4 is 17.3 Å². The van der Waals surface area contributed by atoms with E-state index >= 15 is 0 Å². The van der Waals surface area contributed by atoms with Gasteiger partial charge in [0.05, 0.1) is 10.7 Å². The summed E-state index contributed by atoms with van der Waals surface area (Å²) in [4.78, 5) is 0. The molecular weight excluding hydrogens is 227 g/mol. The van der Waals surface area contributed by atoms with Gasteiger partial charge in [-0.2, -0.15) is 5.54 Å². The first-order valence-electron chi connectivity index (χ1n) is 5.67. The average Bonchev–Trinajstić information content (AvgIpc) is 2.32. The molecule has 88 valence electrons. The summed E-state index contributed by atoms with van der Waals surface area (Å²) in [6.45, 7) is 0. The van der Waals surface area contributed by atoms with E-state index < -0.39 is 0 Å². The van der Waals surface area contributed by atoms with Gasteiger partial charge in [0.1, 0.15) is 0 Å². The van der Waals surface area contributed by atoms with Gasteiger partial charge in [0.15, 0.2) is 0 Å². The van der Waals surface area contributed by atoms with Gasteiger partial charge in [0.25, 0.3) is 0 Å². The molecule has 1 aromatic rings. The molecule has 16 heavy (non-hydrogen) atoms. The number of para-hydroxylation sites is 1. The first kappa shape index (κ1) is 11.7. The zero-order valence-corrected chi connectivity index (χ0v) is 9.80. The quantitative estimate of drug-likeness (QED) is 0.793. The second-order valence-corrected chi connectivity index (χ2v) is 4.70. The molecule has 2 rings (SSSR count). The molecule has 2 nitrogen and oxygen atoms in total. The van der Waals surface area contributed by atoms with E-state index in [1.54, 1.807) is 0 Å².